The number of hydrogen-bond donors (Lipinski definition) is 2. The average molecular weight is 393 g/mol. The summed E-state index contributed by atoms with van der Waals surface area (Å²) < 4.78 is 0. The first-order chi connectivity index (χ1) is 13.6. The van der Waals surface area contributed by atoms with Crippen LogP contribution < -0.4 is 10.6 Å². The summed E-state index contributed by atoms with van der Waals surface area (Å²) >= 11 is 6.25. The van der Waals surface area contributed by atoms with Crippen LogP contribution in [-0.2, 0) is 0 Å². The number of nitrogens with one attached hydrogen (secondary N) is 2. The van der Waals surface area contributed by atoms with E-state index >= 15 is 0 Å². The number of hydrogen-bond acceptors (Lipinski definition) is 4. The zero-order chi connectivity index (χ0) is 19.5. The van der Waals surface area contributed by atoms with E-state index in [1.165, 1.54) is 12.3 Å². The number of pyridine rings is 2. The number of halogens is 1. The Labute approximate surface area is 167 Å². The second kappa shape index (κ2) is 7.78. The minimum Gasteiger partial charge on any atom is -0.348 e. The third-order valence-corrected chi connectivity index (χ3v) is 4.68. The van der Waals surface area contributed by atoms with Crippen LogP contribution in [0.25, 0.3) is 11.1 Å². The molecule has 0 spiro atoms. The Kier molecular flexibility index (Phi) is 5.04. The van der Waals surface area contributed by atoms with Crippen molar-refractivity contribution >= 4 is 29.1 Å². The first kappa shape index (κ1) is 18.1. The molecule has 0 unspecified atom stereocenters. The lowest BCUT2D eigenvalue weighted by atomic mass is 10.1. The minimum absolute atomic E-state index is 0.190. The predicted molar refractivity (Wildman–Crippen MR) is 107 cm³/mol. The molecular weight excluding hydrogens is 376 g/mol. The van der Waals surface area contributed by atoms with Gasteiger partial charge < -0.3 is 10.6 Å². The highest BCUT2D eigenvalue weighted by Gasteiger charge is 2.24. The summed E-state index contributed by atoms with van der Waals surface area (Å²) in [6.07, 6.45) is 4.99. The van der Waals surface area contributed by atoms with Crippen molar-refractivity contribution < 1.29 is 9.59 Å². The molecule has 0 aliphatic heterocycles. The van der Waals surface area contributed by atoms with E-state index in [0.29, 0.717) is 11.3 Å². The maximum Gasteiger partial charge on any atom is 0.270 e. The van der Waals surface area contributed by atoms with Crippen LogP contribution in [0.2, 0.25) is 5.15 Å². The molecule has 1 aliphatic carbocycles. The van der Waals surface area contributed by atoms with Gasteiger partial charge in [-0.3, -0.25) is 14.6 Å². The van der Waals surface area contributed by atoms with Crippen LogP contribution in [0.15, 0.2) is 60.9 Å². The molecule has 28 heavy (non-hydrogen) atoms. The van der Waals surface area contributed by atoms with Crippen LogP contribution >= 0.6 is 11.6 Å². The monoisotopic (exact) mass is 392 g/mol. The van der Waals surface area contributed by atoms with Crippen LogP contribution in [0.3, 0.4) is 0 Å². The third-order valence-electron chi connectivity index (χ3n) is 4.40. The lowest BCUT2D eigenvalue weighted by molar-refractivity contribution is 0.0946. The van der Waals surface area contributed by atoms with Gasteiger partial charge in [-0.1, -0.05) is 41.9 Å². The standard InChI is InChI=1S/C21H17ClN4O2/c22-19-18(16(9-11-24-19)13-4-2-1-3-5-13)26-20(27)14-8-10-23-17(12-14)21(28)25-15-6-7-15/h1-5,8-12,15H,6-7H2,(H,25,28)(H,26,27). The minimum atomic E-state index is -0.394. The topological polar surface area (TPSA) is 84.0 Å². The Morgan fingerprint density at radius 2 is 1.71 bits per heavy atom. The zero-order valence-electron chi connectivity index (χ0n) is 14.9. The first-order valence-electron chi connectivity index (χ1n) is 8.90. The van der Waals surface area contributed by atoms with Crippen LogP contribution in [0.4, 0.5) is 5.69 Å². The van der Waals surface area contributed by atoms with E-state index in [0.717, 1.165) is 24.0 Å². The highest BCUT2D eigenvalue weighted by Crippen LogP contribution is 2.32. The van der Waals surface area contributed by atoms with Crippen molar-refractivity contribution in [2.75, 3.05) is 5.32 Å². The van der Waals surface area contributed by atoms with E-state index in [-0.39, 0.29) is 22.8 Å². The van der Waals surface area contributed by atoms with Crippen molar-refractivity contribution in [3.63, 3.8) is 0 Å². The molecule has 140 valence electrons. The molecule has 4 rings (SSSR count). The number of rotatable bonds is 5. The van der Waals surface area contributed by atoms with Gasteiger partial charge in [-0.05, 0) is 36.6 Å². The van der Waals surface area contributed by atoms with Gasteiger partial charge in [0.1, 0.15) is 5.69 Å². The van der Waals surface area contributed by atoms with Gasteiger partial charge in [0.25, 0.3) is 11.8 Å². The molecule has 3 aromatic rings. The van der Waals surface area contributed by atoms with Gasteiger partial charge in [0.05, 0.1) is 5.69 Å². The Bertz CT molecular complexity index is 1040. The van der Waals surface area contributed by atoms with E-state index in [4.69, 9.17) is 11.6 Å². The number of nitrogens with zero attached hydrogens (tertiary/aromatic N) is 2. The van der Waals surface area contributed by atoms with Crippen molar-refractivity contribution in [3.8, 4) is 11.1 Å². The summed E-state index contributed by atoms with van der Waals surface area (Å²) in [7, 11) is 0. The number of amides is 2. The van der Waals surface area contributed by atoms with E-state index in [9.17, 15) is 9.59 Å². The van der Waals surface area contributed by atoms with Gasteiger partial charge in [0.15, 0.2) is 5.15 Å². The molecule has 2 amide bonds. The Morgan fingerprint density at radius 3 is 2.46 bits per heavy atom. The van der Waals surface area contributed by atoms with Crippen molar-refractivity contribution in [2.24, 2.45) is 0 Å². The van der Waals surface area contributed by atoms with Gasteiger partial charge in [-0.15, -0.1) is 0 Å². The van der Waals surface area contributed by atoms with Gasteiger partial charge in [-0.2, -0.15) is 0 Å². The van der Waals surface area contributed by atoms with E-state index < -0.39 is 5.91 Å². The normalized spacial score (nSPS) is 13.0. The number of benzene rings is 1. The predicted octanol–water partition coefficient (Wildman–Crippen LogP) is 3.94. The third kappa shape index (κ3) is 4.02. The van der Waals surface area contributed by atoms with Crippen LogP contribution in [0.1, 0.15) is 33.7 Å². The maximum absolute atomic E-state index is 12.8. The highest BCUT2D eigenvalue weighted by molar-refractivity contribution is 6.33. The van der Waals surface area contributed by atoms with Crippen molar-refractivity contribution in [3.05, 3.63) is 77.3 Å². The van der Waals surface area contributed by atoms with Crippen molar-refractivity contribution in [2.45, 2.75) is 18.9 Å². The van der Waals surface area contributed by atoms with Gasteiger partial charge >= 0.3 is 0 Å². The molecule has 2 N–H and O–H groups in total. The number of aromatic nitrogens is 2. The summed E-state index contributed by atoms with van der Waals surface area (Å²) in [5.41, 5.74) is 2.60. The molecular formula is C21H17ClN4O2. The molecule has 1 saturated carbocycles. The SMILES string of the molecule is O=C(Nc1c(-c2ccccc2)ccnc1Cl)c1ccnc(C(=O)NC2CC2)c1. The van der Waals surface area contributed by atoms with Gasteiger partial charge in [0, 0.05) is 29.6 Å². The Morgan fingerprint density at radius 1 is 0.964 bits per heavy atom. The molecule has 0 atom stereocenters. The van der Waals surface area contributed by atoms with E-state index in [1.807, 2.05) is 30.3 Å². The fourth-order valence-electron chi connectivity index (χ4n) is 2.78. The van der Waals surface area contributed by atoms with Gasteiger partial charge in [-0.25, -0.2) is 4.98 Å². The fraction of sp³-hybridized carbons (Fsp3) is 0.143. The maximum atomic E-state index is 12.8. The lowest BCUT2D eigenvalue weighted by Crippen LogP contribution is -2.26. The first-order valence-corrected chi connectivity index (χ1v) is 9.28. The van der Waals surface area contributed by atoms with Crippen LogP contribution in [0, 0.1) is 0 Å². The Balaban J connectivity index is 1.60. The lowest BCUT2D eigenvalue weighted by Gasteiger charge is -2.13. The van der Waals surface area contributed by atoms with Gasteiger partial charge in [0.2, 0.25) is 0 Å². The smallest absolute Gasteiger partial charge is 0.270 e. The molecule has 0 saturated heterocycles. The summed E-state index contributed by atoms with van der Waals surface area (Å²) in [5.74, 6) is -0.670. The summed E-state index contributed by atoms with van der Waals surface area (Å²) in [6, 6.07) is 14.6. The molecule has 0 bridgehead atoms. The number of anilines is 1. The number of carbonyl (C=O) groups is 2. The molecule has 2 aromatic heterocycles. The zero-order valence-corrected chi connectivity index (χ0v) is 15.6. The van der Waals surface area contributed by atoms with Crippen LogP contribution in [0.5, 0.6) is 0 Å². The Hall–Kier alpha value is -3.25. The summed E-state index contributed by atoms with van der Waals surface area (Å²) in [5, 5.41) is 5.87. The summed E-state index contributed by atoms with van der Waals surface area (Å²) in [6.45, 7) is 0. The van der Waals surface area contributed by atoms with E-state index in [1.54, 1.807) is 18.3 Å². The number of carbonyl (C=O) groups excluding carboxylic acids is 2. The van der Waals surface area contributed by atoms with Crippen molar-refractivity contribution in [1.82, 2.24) is 15.3 Å². The molecule has 2 heterocycles. The quantitative estimate of drug-likeness (QED) is 0.644. The molecule has 7 heteroatoms. The molecule has 6 nitrogen and oxygen atoms in total. The molecule has 1 aromatic carbocycles. The fourth-order valence-corrected chi connectivity index (χ4v) is 2.99. The second-order valence-corrected chi connectivity index (χ2v) is 6.88. The second-order valence-electron chi connectivity index (χ2n) is 6.52. The summed E-state index contributed by atoms with van der Waals surface area (Å²) in [4.78, 5) is 33.1. The highest BCUT2D eigenvalue weighted by atomic mass is 35.5. The molecule has 1 aliphatic rings. The van der Waals surface area contributed by atoms with Crippen LogP contribution in [-0.4, -0.2) is 27.8 Å². The van der Waals surface area contributed by atoms with Crippen molar-refractivity contribution in [1.29, 1.82) is 0 Å². The molecule has 1 fully saturated rings. The largest absolute Gasteiger partial charge is 0.348 e. The van der Waals surface area contributed by atoms with E-state index in [2.05, 4.69) is 20.6 Å². The average Bonchev–Trinajstić information content (AvgIpc) is 3.54. The molecule has 0 radical (unpaired) electrons.